The zero-order valence-corrected chi connectivity index (χ0v) is 12.0. The molecule has 5 heteroatoms. The molecular formula is C13H22NO3P. The lowest BCUT2D eigenvalue weighted by atomic mass is 10.3. The molecule has 0 amide bonds. The third-order valence-electron chi connectivity index (χ3n) is 2.59. The number of hydrogen-bond donors (Lipinski definition) is 1. The van der Waals surface area contributed by atoms with Crippen LogP contribution in [0.2, 0.25) is 0 Å². The molecule has 0 saturated heterocycles. The van der Waals surface area contributed by atoms with Crippen molar-refractivity contribution < 1.29 is 14.5 Å². The van der Waals surface area contributed by atoms with Gasteiger partial charge in [-0.25, -0.2) is 0 Å². The Morgan fingerprint density at radius 3 is 2.44 bits per heavy atom. The summed E-state index contributed by atoms with van der Waals surface area (Å²) in [4.78, 5) is 0.986. The number of benzene rings is 1. The Morgan fingerprint density at radius 1 is 1.22 bits per heavy atom. The number of rotatable bonds is 8. The topological polar surface area (TPSA) is 49.8 Å². The van der Waals surface area contributed by atoms with E-state index < -0.39 is 7.29 Å². The highest BCUT2D eigenvalue weighted by atomic mass is 31.2. The van der Waals surface area contributed by atoms with Crippen LogP contribution in [0.25, 0.3) is 0 Å². The van der Waals surface area contributed by atoms with Gasteiger partial charge in [-0.3, -0.25) is 0 Å². The van der Waals surface area contributed by atoms with Crippen LogP contribution in [0.5, 0.6) is 5.75 Å². The van der Waals surface area contributed by atoms with Crippen LogP contribution in [0.1, 0.15) is 26.7 Å². The minimum absolute atomic E-state index is 0.0569. The molecule has 0 aliphatic heterocycles. The lowest BCUT2D eigenvalue weighted by Gasteiger charge is -2.25. The number of ether oxygens (including phenoxy) is 1. The van der Waals surface area contributed by atoms with E-state index in [1.165, 1.54) is 0 Å². The molecule has 0 bridgehead atoms. The van der Waals surface area contributed by atoms with Crippen molar-refractivity contribution in [1.29, 1.82) is 0 Å². The van der Waals surface area contributed by atoms with Crippen LogP contribution in [-0.2, 0) is 4.57 Å². The molecule has 0 aromatic heterocycles. The van der Waals surface area contributed by atoms with Crippen LogP contribution >= 0.6 is 7.29 Å². The summed E-state index contributed by atoms with van der Waals surface area (Å²) in [5.74, 6) is 0.679. The third-order valence-corrected chi connectivity index (χ3v) is 5.31. The summed E-state index contributed by atoms with van der Waals surface area (Å²) in [6, 6.07) is 9.26. The molecule has 0 radical (unpaired) electrons. The lowest BCUT2D eigenvalue weighted by molar-refractivity contribution is -0.00249. The van der Waals surface area contributed by atoms with Gasteiger partial charge in [0.25, 0.3) is 0 Å². The van der Waals surface area contributed by atoms with Gasteiger partial charge in [-0.15, -0.1) is 4.83 Å². The molecule has 1 unspecified atom stereocenters. The Labute approximate surface area is 109 Å². The fraction of sp³-hybridized carbons (Fsp3) is 0.538. The van der Waals surface area contributed by atoms with Gasteiger partial charge in [0.1, 0.15) is 5.75 Å². The quantitative estimate of drug-likeness (QED) is 0.577. The first-order valence-corrected chi connectivity index (χ1v) is 8.38. The van der Waals surface area contributed by atoms with Gasteiger partial charge < -0.3 is 14.5 Å². The molecule has 0 aliphatic rings. The molecule has 0 aliphatic carbocycles. The highest BCUT2D eigenvalue weighted by molar-refractivity contribution is 7.61. The van der Waals surface area contributed by atoms with Gasteiger partial charge >= 0.3 is 0 Å². The first kappa shape index (κ1) is 15.2. The van der Waals surface area contributed by atoms with Crippen molar-refractivity contribution in [2.24, 2.45) is 0 Å². The Kier molecular flexibility index (Phi) is 6.41. The first-order valence-electron chi connectivity index (χ1n) is 6.35. The largest absolute Gasteiger partial charge is 0.485 e. The van der Waals surface area contributed by atoms with Crippen molar-refractivity contribution >= 4 is 7.29 Å². The summed E-state index contributed by atoms with van der Waals surface area (Å²) < 4.78 is 18.2. The van der Waals surface area contributed by atoms with Gasteiger partial charge in [0.15, 0.2) is 6.35 Å². The van der Waals surface area contributed by atoms with Crippen molar-refractivity contribution in [3.63, 3.8) is 0 Å². The van der Waals surface area contributed by atoms with Gasteiger partial charge in [-0.05, 0) is 25.0 Å². The number of para-hydroxylation sites is 1. The van der Waals surface area contributed by atoms with E-state index in [4.69, 9.17) is 4.74 Å². The molecule has 102 valence electrons. The van der Waals surface area contributed by atoms with Crippen molar-refractivity contribution in [2.75, 3.05) is 19.1 Å². The predicted octanol–water partition coefficient (Wildman–Crippen LogP) is 3.81. The molecule has 1 aromatic rings. The fourth-order valence-corrected chi connectivity index (χ4v) is 3.78. The van der Waals surface area contributed by atoms with E-state index in [0.717, 1.165) is 17.7 Å². The van der Waals surface area contributed by atoms with Crippen LogP contribution < -0.4 is 4.74 Å². The van der Waals surface area contributed by atoms with Crippen LogP contribution in [0.3, 0.4) is 0 Å². The van der Waals surface area contributed by atoms with Crippen molar-refractivity contribution in [3.8, 4) is 5.75 Å². The Bertz CT molecular complexity index is 383. The summed E-state index contributed by atoms with van der Waals surface area (Å²) >= 11 is 0. The zero-order valence-electron chi connectivity index (χ0n) is 11.1. The van der Waals surface area contributed by atoms with Crippen LogP contribution in [0.15, 0.2) is 30.3 Å². The van der Waals surface area contributed by atoms with Gasteiger partial charge in [-0.2, -0.15) is 0 Å². The summed E-state index contributed by atoms with van der Waals surface area (Å²) in [6.45, 7) is 4.31. The summed E-state index contributed by atoms with van der Waals surface area (Å²) in [7, 11) is -2.83. The van der Waals surface area contributed by atoms with E-state index in [1.54, 1.807) is 0 Å². The molecule has 0 fully saturated rings. The summed E-state index contributed by atoms with van der Waals surface area (Å²) in [5, 5.41) is 9.87. The fourth-order valence-electron chi connectivity index (χ4n) is 1.67. The SMILES string of the molecule is CCCN(O)P(=O)(CCC)COc1ccccc1. The van der Waals surface area contributed by atoms with Crippen molar-refractivity contribution in [3.05, 3.63) is 30.3 Å². The maximum Gasteiger partial charge on any atom is 0.208 e. The highest BCUT2D eigenvalue weighted by Gasteiger charge is 2.29. The molecule has 0 heterocycles. The maximum atomic E-state index is 12.6. The average Bonchev–Trinajstić information content (AvgIpc) is 2.38. The smallest absolute Gasteiger partial charge is 0.208 e. The molecule has 0 spiro atoms. The van der Waals surface area contributed by atoms with Gasteiger partial charge in [0, 0.05) is 12.7 Å². The van der Waals surface area contributed by atoms with E-state index in [2.05, 4.69) is 0 Å². The van der Waals surface area contributed by atoms with Gasteiger partial charge in [0.2, 0.25) is 7.29 Å². The van der Waals surface area contributed by atoms with Gasteiger partial charge in [0.05, 0.1) is 0 Å². The first-order chi connectivity index (χ1) is 8.62. The maximum absolute atomic E-state index is 12.6. The Morgan fingerprint density at radius 2 is 1.89 bits per heavy atom. The van der Waals surface area contributed by atoms with Crippen LogP contribution in [0.4, 0.5) is 0 Å². The lowest BCUT2D eigenvalue weighted by Crippen LogP contribution is -2.22. The summed E-state index contributed by atoms with van der Waals surface area (Å²) in [5.41, 5.74) is 0. The standard InChI is InChI=1S/C13H22NO3P/c1-3-10-14(15)18(16,11-4-2)12-17-13-8-6-5-7-9-13/h5-9,15H,3-4,10-12H2,1-2H3. The number of hydroxylamine groups is 1. The monoisotopic (exact) mass is 271 g/mol. The third kappa shape index (κ3) is 4.45. The highest BCUT2D eigenvalue weighted by Crippen LogP contribution is 2.48. The predicted molar refractivity (Wildman–Crippen MR) is 73.5 cm³/mol. The molecule has 4 nitrogen and oxygen atoms in total. The van der Waals surface area contributed by atoms with E-state index in [0.29, 0.717) is 18.5 Å². The molecule has 0 saturated carbocycles. The second-order valence-electron chi connectivity index (χ2n) is 4.25. The van der Waals surface area contributed by atoms with Crippen molar-refractivity contribution in [2.45, 2.75) is 26.7 Å². The van der Waals surface area contributed by atoms with E-state index >= 15 is 0 Å². The van der Waals surface area contributed by atoms with E-state index in [-0.39, 0.29) is 6.35 Å². The van der Waals surface area contributed by atoms with Crippen molar-refractivity contribution in [1.82, 2.24) is 4.83 Å². The summed E-state index contributed by atoms with van der Waals surface area (Å²) in [6.07, 6.45) is 2.05. The normalized spacial score (nSPS) is 14.4. The second-order valence-corrected chi connectivity index (χ2v) is 7.11. The Balaban J connectivity index is 2.65. The van der Waals surface area contributed by atoms with Crippen LogP contribution in [0, 0.1) is 0 Å². The average molecular weight is 271 g/mol. The number of nitrogens with zero attached hydrogens (tertiary/aromatic N) is 1. The van der Waals surface area contributed by atoms with E-state index in [9.17, 15) is 9.77 Å². The minimum atomic E-state index is -2.83. The molecular weight excluding hydrogens is 249 g/mol. The molecule has 1 atom stereocenters. The Hall–Kier alpha value is -0.830. The molecule has 1 aromatic carbocycles. The minimum Gasteiger partial charge on any atom is -0.485 e. The molecule has 18 heavy (non-hydrogen) atoms. The van der Waals surface area contributed by atoms with Crippen LogP contribution in [-0.4, -0.2) is 29.1 Å². The zero-order chi connectivity index (χ0) is 13.4. The number of hydrogen-bond acceptors (Lipinski definition) is 3. The van der Waals surface area contributed by atoms with Gasteiger partial charge in [-0.1, -0.05) is 32.0 Å². The molecule has 1 rings (SSSR count). The van der Waals surface area contributed by atoms with E-state index in [1.807, 2.05) is 44.2 Å². The molecule has 1 N–H and O–H groups in total. The second kappa shape index (κ2) is 7.57.